The third kappa shape index (κ3) is 4.98. The summed E-state index contributed by atoms with van der Waals surface area (Å²) in [6.45, 7) is 3.67. The van der Waals surface area contributed by atoms with Crippen molar-refractivity contribution in [1.82, 2.24) is 20.5 Å². The lowest BCUT2D eigenvalue weighted by atomic mass is 9.84. The molecule has 0 bridgehead atoms. The van der Waals surface area contributed by atoms with Crippen LogP contribution in [0.1, 0.15) is 54.9 Å². The Morgan fingerprint density at radius 3 is 2.67 bits per heavy atom. The standard InChI is InChI=1S/C29H33FN4O2/c1-19(20-9-4-2-5-10-20)32-29(36)26-22(18-34-16-15-31-17-25(34)35)28(21-11-6-3-7-12-21)33-24-14-8-13-23(30)27(24)26/h3,6-8,11-14,19-20,31H,2,4-5,9-10,15-18H2,1H3,(H,32,36)/t19-/m0/s1. The summed E-state index contributed by atoms with van der Waals surface area (Å²) in [5.74, 6) is -0.424. The summed E-state index contributed by atoms with van der Waals surface area (Å²) in [6, 6.07) is 14.3. The number of nitrogens with zero attached hydrogens (tertiary/aromatic N) is 2. The smallest absolute Gasteiger partial charge is 0.252 e. The third-order valence-corrected chi connectivity index (χ3v) is 7.59. The van der Waals surface area contributed by atoms with Gasteiger partial charge in [-0.05, 0) is 37.8 Å². The molecule has 0 radical (unpaired) electrons. The molecule has 0 unspecified atom stereocenters. The first-order valence-electron chi connectivity index (χ1n) is 13.0. The molecular weight excluding hydrogens is 455 g/mol. The minimum Gasteiger partial charge on any atom is -0.349 e. The lowest BCUT2D eigenvalue weighted by molar-refractivity contribution is -0.132. The van der Waals surface area contributed by atoms with Crippen LogP contribution in [0.2, 0.25) is 0 Å². The van der Waals surface area contributed by atoms with Crippen LogP contribution in [0.4, 0.5) is 4.39 Å². The summed E-state index contributed by atoms with van der Waals surface area (Å²) in [5, 5.41) is 6.50. The number of hydrogen-bond acceptors (Lipinski definition) is 4. The van der Waals surface area contributed by atoms with E-state index in [4.69, 9.17) is 4.98 Å². The van der Waals surface area contributed by atoms with Crippen LogP contribution in [0.25, 0.3) is 22.2 Å². The van der Waals surface area contributed by atoms with Gasteiger partial charge in [0.25, 0.3) is 5.91 Å². The van der Waals surface area contributed by atoms with E-state index >= 15 is 4.39 Å². The molecule has 6 nitrogen and oxygen atoms in total. The zero-order valence-corrected chi connectivity index (χ0v) is 20.7. The maximum Gasteiger partial charge on any atom is 0.252 e. The molecule has 1 aromatic heterocycles. The first kappa shape index (κ1) is 24.4. The molecule has 2 amide bonds. The molecule has 2 heterocycles. The average Bonchev–Trinajstić information content (AvgIpc) is 2.90. The zero-order valence-electron chi connectivity index (χ0n) is 20.7. The Morgan fingerprint density at radius 2 is 1.92 bits per heavy atom. The normalized spacial score (nSPS) is 17.8. The number of carbonyl (C=O) groups is 2. The Kier molecular flexibility index (Phi) is 7.28. The van der Waals surface area contributed by atoms with Crippen molar-refractivity contribution < 1.29 is 14.0 Å². The summed E-state index contributed by atoms with van der Waals surface area (Å²) in [7, 11) is 0. The number of halogens is 1. The quantitative estimate of drug-likeness (QED) is 0.529. The minimum atomic E-state index is -0.483. The molecule has 2 aromatic carbocycles. The van der Waals surface area contributed by atoms with E-state index in [-0.39, 0.29) is 41.9 Å². The number of rotatable bonds is 6. The first-order chi connectivity index (χ1) is 17.5. The molecule has 5 rings (SSSR count). The number of pyridine rings is 1. The van der Waals surface area contributed by atoms with Gasteiger partial charge in [-0.1, -0.05) is 55.7 Å². The summed E-state index contributed by atoms with van der Waals surface area (Å²) in [4.78, 5) is 33.2. The van der Waals surface area contributed by atoms with E-state index in [9.17, 15) is 9.59 Å². The number of hydrogen-bond donors (Lipinski definition) is 2. The number of benzene rings is 2. The summed E-state index contributed by atoms with van der Waals surface area (Å²) in [5.41, 5.74) is 2.74. The van der Waals surface area contributed by atoms with E-state index in [1.807, 2.05) is 37.3 Å². The van der Waals surface area contributed by atoms with Crippen molar-refractivity contribution in [2.45, 2.75) is 51.6 Å². The van der Waals surface area contributed by atoms with Gasteiger partial charge in [0.2, 0.25) is 5.91 Å². The van der Waals surface area contributed by atoms with Gasteiger partial charge in [0.15, 0.2) is 0 Å². The van der Waals surface area contributed by atoms with Gasteiger partial charge >= 0.3 is 0 Å². The van der Waals surface area contributed by atoms with Gasteiger partial charge < -0.3 is 15.5 Å². The summed E-state index contributed by atoms with van der Waals surface area (Å²) < 4.78 is 15.4. The van der Waals surface area contributed by atoms with Gasteiger partial charge in [0, 0.05) is 42.2 Å². The average molecular weight is 489 g/mol. The molecule has 3 aromatic rings. The molecular formula is C29H33FN4O2. The Morgan fingerprint density at radius 1 is 1.14 bits per heavy atom. The third-order valence-electron chi connectivity index (χ3n) is 7.59. The van der Waals surface area contributed by atoms with Crippen molar-refractivity contribution in [1.29, 1.82) is 0 Å². The van der Waals surface area contributed by atoms with Gasteiger partial charge in [0.1, 0.15) is 5.82 Å². The summed E-state index contributed by atoms with van der Waals surface area (Å²) in [6.07, 6.45) is 5.76. The van der Waals surface area contributed by atoms with E-state index in [1.54, 1.807) is 17.0 Å². The Hall–Kier alpha value is -3.32. The van der Waals surface area contributed by atoms with Gasteiger partial charge in [-0.25, -0.2) is 9.37 Å². The van der Waals surface area contributed by atoms with Crippen molar-refractivity contribution in [2.75, 3.05) is 19.6 Å². The number of piperazine rings is 1. The topological polar surface area (TPSA) is 74.3 Å². The first-order valence-corrected chi connectivity index (χ1v) is 13.0. The van der Waals surface area contributed by atoms with Crippen LogP contribution in [0.5, 0.6) is 0 Å². The number of fused-ring (bicyclic) bond motifs is 1. The van der Waals surface area contributed by atoms with Crippen molar-refractivity contribution in [2.24, 2.45) is 5.92 Å². The van der Waals surface area contributed by atoms with Crippen molar-refractivity contribution in [3.8, 4) is 11.3 Å². The molecule has 1 saturated carbocycles. The predicted molar refractivity (Wildman–Crippen MR) is 139 cm³/mol. The van der Waals surface area contributed by atoms with Crippen LogP contribution in [0.3, 0.4) is 0 Å². The maximum absolute atomic E-state index is 15.4. The summed E-state index contributed by atoms with van der Waals surface area (Å²) >= 11 is 0. The SMILES string of the molecule is C[C@H](NC(=O)c1c(CN2CCNCC2=O)c(-c2ccccc2)nc2cccc(F)c12)C1CCCCC1. The molecule has 1 atom stereocenters. The van der Waals surface area contributed by atoms with Crippen LogP contribution in [-0.2, 0) is 11.3 Å². The second-order valence-corrected chi connectivity index (χ2v) is 9.97. The van der Waals surface area contributed by atoms with Crippen LogP contribution >= 0.6 is 0 Å². The van der Waals surface area contributed by atoms with E-state index in [0.717, 1.165) is 18.4 Å². The van der Waals surface area contributed by atoms with Crippen molar-refractivity contribution >= 4 is 22.7 Å². The monoisotopic (exact) mass is 488 g/mol. The second kappa shape index (κ2) is 10.7. The van der Waals surface area contributed by atoms with E-state index in [2.05, 4.69) is 10.6 Å². The van der Waals surface area contributed by atoms with Crippen molar-refractivity contribution in [3.05, 3.63) is 65.5 Å². The van der Waals surface area contributed by atoms with Crippen molar-refractivity contribution in [3.63, 3.8) is 0 Å². The lowest BCUT2D eigenvalue weighted by Gasteiger charge is -2.31. The molecule has 1 aliphatic heterocycles. The molecule has 2 fully saturated rings. The highest BCUT2D eigenvalue weighted by Gasteiger charge is 2.29. The fraction of sp³-hybridized carbons (Fsp3) is 0.414. The van der Waals surface area contributed by atoms with Gasteiger partial charge in [-0.2, -0.15) is 0 Å². The highest BCUT2D eigenvalue weighted by molar-refractivity contribution is 6.09. The molecule has 0 spiro atoms. The second-order valence-electron chi connectivity index (χ2n) is 9.97. The van der Waals surface area contributed by atoms with Crippen LogP contribution in [-0.4, -0.2) is 47.4 Å². The molecule has 7 heteroatoms. The van der Waals surface area contributed by atoms with Crippen LogP contribution < -0.4 is 10.6 Å². The molecule has 1 aliphatic carbocycles. The zero-order chi connectivity index (χ0) is 25.1. The fourth-order valence-electron chi connectivity index (χ4n) is 5.58. The maximum atomic E-state index is 15.4. The Balaban J connectivity index is 1.65. The van der Waals surface area contributed by atoms with E-state index in [1.165, 1.54) is 25.3 Å². The number of aromatic nitrogens is 1. The van der Waals surface area contributed by atoms with Gasteiger partial charge in [0.05, 0.1) is 23.3 Å². The predicted octanol–water partition coefficient (Wildman–Crippen LogP) is 4.67. The number of amides is 2. The fourth-order valence-corrected chi connectivity index (χ4v) is 5.58. The Labute approximate surface area is 211 Å². The lowest BCUT2D eigenvalue weighted by Crippen LogP contribution is -2.48. The molecule has 36 heavy (non-hydrogen) atoms. The van der Waals surface area contributed by atoms with Gasteiger partial charge in [-0.15, -0.1) is 0 Å². The minimum absolute atomic E-state index is 0.0263. The van der Waals surface area contributed by atoms with Crippen LogP contribution in [0.15, 0.2) is 48.5 Å². The van der Waals surface area contributed by atoms with E-state index < -0.39 is 5.82 Å². The largest absolute Gasteiger partial charge is 0.349 e. The van der Waals surface area contributed by atoms with E-state index in [0.29, 0.717) is 35.8 Å². The molecule has 188 valence electrons. The number of carbonyl (C=O) groups excluding carboxylic acids is 2. The molecule has 2 N–H and O–H groups in total. The highest BCUT2D eigenvalue weighted by Crippen LogP contribution is 2.34. The van der Waals surface area contributed by atoms with Gasteiger partial charge in [-0.3, -0.25) is 9.59 Å². The molecule has 2 aliphatic rings. The Bertz CT molecular complexity index is 1260. The molecule has 1 saturated heterocycles. The number of nitrogens with one attached hydrogen (secondary N) is 2. The highest BCUT2D eigenvalue weighted by atomic mass is 19.1. The van der Waals surface area contributed by atoms with Crippen LogP contribution in [0, 0.1) is 11.7 Å².